The van der Waals surface area contributed by atoms with Gasteiger partial charge in [0.2, 0.25) is 0 Å². The summed E-state index contributed by atoms with van der Waals surface area (Å²) in [5.74, 6) is -1.10. The second kappa shape index (κ2) is 5.82. The summed E-state index contributed by atoms with van der Waals surface area (Å²) in [6.45, 7) is 6.46. The normalized spacial score (nSPS) is 11.3. The van der Waals surface area contributed by atoms with Gasteiger partial charge in [0.25, 0.3) is 5.91 Å². The summed E-state index contributed by atoms with van der Waals surface area (Å²) in [4.78, 5) is 11.8. The number of anilines is 1. The molecule has 0 saturated heterocycles. The first-order chi connectivity index (χ1) is 8.35. The summed E-state index contributed by atoms with van der Waals surface area (Å²) < 4.78 is 18.9. The van der Waals surface area contributed by atoms with Gasteiger partial charge in [-0.25, -0.2) is 4.39 Å². The van der Waals surface area contributed by atoms with E-state index in [4.69, 9.17) is 10.5 Å². The Hall–Kier alpha value is -1.62. The fraction of sp³-hybridized carbons (Fsp3) is 0.462. The molecule has 0 aliphatic rings. The lowest BCUT2D eigenvalue weighted by atomic mass is 10.1. The molecule has 1 aromatic carbocycles. The number of hydrogen-bond donors (Lipinski definition) is 2. The third-order valence-corrected chi connectivity index (χ3v) is 2.45. The predicted molar refractivity (Wildman–Crippen MR) is 68.9 cm³/mol. The van der Waals surface area contributed by atoms with Gasteiger partial charge in [0.1, 0.15) is 5.82 Å². The molecular formula is C13H19FN2O2. The molecule has 0 spiro atoms. The summed E-state index contributed by atoms with van der Waals surface area (Å²) in [5, 5.41) is 2.64. The van der Waals surface area contributed by atoms with E-state index in [0.717, 1.165) is 6.07 Å². The smallest absolute Gasteiger partial charge is 0.254 e. The van der Waals surface area contributed by atoms with E-state index in [-0.39, 0.29) is 5.56 Å². The summed E-state index contributed by atoms with van der Waals surface area (Å²) in [6.07, 6.45) is 0. The maximum absolute atomic E-state index is 13.5. The zero-order valence-corrected chi connectivity index (χ0v) is 10.9. The van der Waals surface area contributed by atoms with Gasteiger partial charge in [-0.05, 0) is 39.0 Å². The molecule has 5 heteroatoms. The summed E-state index contributed by atoms with van der Waals surface area (Å²) in [5.41, 5.74) is 5.21. The van der Waals surface area contributed by atoms with Crippen molar-refractivity contribution in [3.05, 3.63) is 29.6 Å². The van der Waals surface area contributed by atoms with Crippen LogP contribution in [-0.4, -0.2) is 24.7 Å². The highest BCUT2D eigenvalue weighted by Gasteiger charge is 2.20. The number of amides is 1. The van der Waals surface area contributed by atoms with Crippen LogP contribution in [0.2, 0.25) is 0 Å². The van der Waals surface area contributed by atoms with Crippen LogP contribution in [0, 0.1) is 5.82 Å². The van der Waals surface area contributed by atoms with E-state index in [1.54, 1.807) is 0 Å². The molecule has 18 heavy (non-hydrogen) atoms. The van der Waals surface area contributed by atoms with E-state index >= 15 is 0 Å². The second-order valence-electron chi connectivity index (χ2n) is 4.61. The van der Waals surface area contributed by atoms with Crippen molar-refractivity contribution in [3.63, 3.8) is 0 Å². The van der Waals surface area contributed by atoms with Crippen LogP contribution in [0.15, 0.2) is 18.2 Å². The Morgan fingerprint density at radius 2 is 2.17 bits per heavy atom. The Balaban J connectivity index is 2.66. The van der Waals surface area contributed by atoms with Crippen molar-refractivity contribution in [1.29, 1.82) is 0 Å². The van der Waals surface area contributed by atoms with Gasteiger partial charge in [-0.2, -0.15) is 0 Å². The first-order valence-electron chi connectivity index (χ1n) is 5.83. The molecule has 0 aromatic heterocycles. The van der Waals surface area contributed by atoms with E-state index in [1.807, 2.05) is 20.8 Å². The number of nitrogens with one attached hydrogen (secondary N) is 1. The standard InChI is InChI=1S/C13H19FN2O2/c1-4-18-13(2,3)8-16-12(17)10-6-5-9(15)7-11(10)14/h5-7H,4,8,15H2,1-3H3,(H,16,17). The lowest BCUT2D eigenvalue weighted by Gasteiger charge is -2.24. The first-order valence-corrected chi connectivity index (χ1v) is 5.83. The largest absolute Gasteiger partial charge is 0.399 e. The van der Waals surface area contributed by atoms with Crippen molar-refractivity contribution < 1.29 is 13.9 Å². The molecule has 3 N–H and O–H groups in total. The SMILES string of the molecule is CCOC(C)(C)CNC(=O)c1ccc(N)cc1F. The highest BCUT2D eigenvalue weighted by molar-refractivity contribution is 5.94. The van der Waals surface area contributed by atoms with Gasteiger partial charge < -0.3 is 15.8 Å². The number of halogens is 1. The minimum atomic E-state index is -0.623. The Labute approximate surface area is 106 Å². The number of ether oxygens (including phenoxy) is 1. The molecule has 0 heterocycles. The van der Waals surface area contributed by atoms with E-state index in [2.05, 4.69) is 5.32 Å². The average molecular weight is 254 g/mol. The maximum Gasteiger partial charge on any atom is 0.254 e. The molecule has 0 fully saturated rings. The first kappa shape index (κ1) is 14.4. The Morgan fingerprint density at radius 3 is 2.72 bits per heavy atom. The molecule has 0 unspecified atom stereocenters. The fourth-order valence-electron chi connectivity index (χ4n) is 1.55. The molecule has 1 aromatic rings. The number of rotatable bonds is 5. The maximum atomic E-state index is 13.5. The van der Waals surface area contributed by atoms with Gasteiger partial charge in [-0.3, -0.25) is 4.79 Å². The van der Waals surface area contributed by atoms with Crippen molar-refractivity contribution in [2.75, 3.05) is 18.9 Å². The number of benzene rings is 1. The van der Waals surface area contributed by atoms with Crippen molar-refractivity contribution in [1.82, 2.24) is 5.32 Å². The van der Waals surface area contributed by atoms with Crippen LogP contribution in [0.1, 0.15) is 31.1 Å². The zero-order valence-electron chi connectivity index (χ0n) is 10.9. The molecule has 4 nitrogen and oxygen atoms in total. The molecule has 0 saturated carbocycles. The van der Waals surface area contributed by atoms with E-state index in [0.29, 0.717) is 18.8 Å². The minimum absolute atomic E-state index is 0.0171. The van der Waals surface area contributed by atoms with Crippen LogP contribution in [0.5, 0.6) is 0 Å². The van der Waals surface area contributed by atoms with Crippen LogP contribution in [-0.2, 0) is 4.74 Å². The van der Waals surface area contributed by atoms with Gasteiger partial charge in [0, 0.05) is 18.8 Å². The average Bonchev–Trinajstić information content (AvgIpc) is 2.26. The van der Waals surface area contributed by atoms with E-state index in [9.17, 15) is 9.18 Å². The number of carbonyl (C=O) groups is 1. The number of hydrogen-bond acceptors (Lipinski definition) is 3. The molecule has 0 radical (unpaired) electrons. The highest BCUT2D eigenvalue weighted by Crippen LogP contribution is 2.12. The van der Waals surface area contributed by atoms with Crippen LogP contribution < -0.4 is 11.1 Å². The van der Waals surface area contributed by atoms with Crippen LogP contribution in [0.4, 0.5) is 10.1 Å². The van der Waals surface area contributed by atoms with E-state index < -0.39 is 17.3 Å². The third kappa shape index (κ3) is 4.00. The fourth-order valence-corrected chi connectivity index (χ4v) is 1.55. The second-order valence-corrected chi connectivity index (χ2v) is 4.61. The van der Waals surface area contributed by atoms with Crippen LogP contribution in [0.25, 0.3) is 0 Å². The highest BCUT2D eigenvalue weighted by atomic mass is 19.1. The number of nitrogen functional groups attached to an aromatic ring is 1. The lowest BCUT2D eigenvalue weighted by Crippen LogP contribution is -2.40. The molecule has 0 aliphatic carbocycles. The van der Waals surface area contributed by atoms with Gasteiger partial charge >= 0.3 is 0 Å². The summed E-state index contributed by atoms with van der Waals surface area (Å²) >= 11 is 0. The topological polar surface area (TPSA) is 64.3 Å². The van der Waals surface area contributed by atoms with Gasteiger partial charge in [0.05, 0.1) is 11.2 Å². The number of nitrogens with two attached hydrogens (primary N) is 1. The van der Waals surface area contributed by atoms with Gasteiger partial charge in [0.15, 0.2) is 0 Å². The quantitative estimate of drug-likeness (QED) is 0.789. The molecule has 100 valence electrons. The van der Waals surface area contributed by atoms with Crippen molar-refractivity contribution >= 4 is 11.6 Å². The molecule has 1 rings (SSSR count). The summed E-state index contributed by atoms with van der Waals surface area (Å²) in [7, 11) is 0. The monoisotopic (exact) mass is 254 g/mol. The van der Waals surface area contributed by atoms with Gasteiger partial charge in [-0.1, -0.05) is 0 Å². The summed E-state index contributed by atoms with van der Waals surface area (Å²) in [6, 6.07) is 3.99. The molecule has 0 bridgehead atoms. The third-order valence-electron chi connectivity index (χ3n) is 2.45. The molecule has 0 atom stereocenters. The molecular weight excluding hydrogens is 235 g/mol. The Morgan fingerprint density at radius 1 is 1.50 bits per heavy atom. The van der Waals surface area contributed by atoms with Crippen LogP contribution in [0.3, 0.4) is 0 Å². The predicted octanol–water partition coefficient (Wildman–Crippen LogP) is 1.95. The minimum Gasteiger partial charge on any atom is -0.399 e. The Kier molecular flexibility index (Phi) is 4.67. The lowest BCUT2D eigenvalue weighted by molar-refractivity contribution is -0.00818. The van der Waals surface area contributed by atoms with Crippen LogP contribution >= 0.6 is 0 Å². The zero-order chi connectivity index (χ0) is 13.8. The van der Waals surface area contributed by atoms with Crippen molar-refractivity contribution in [3.8, 4) is 0 Å². The van der Waals surface area contributed by atoms with Crippen molar-refractivity contribution in [2.24, 2.45) is 0 Å². The van der Waals surface area contributed by atoms with Gasteiger partial charge in [-0.15, -0.1) is 0 Å². The number of carbonyl (C=O) groups excluding carboxylic acids is 1. The Bertz CT molecular complexity index is 433. The molecule has 0 aliphatic heterocycles. The van der Waals surface area contributed by atoms with Crippen molar-refractivity contribution in [2.45, 2.75) is 26.4 Å². The van der Waals surface area contributed by atoms with E-state index in [1.165, 1.54) is 12.1 Å². The molecule has 1 amide bonds.